The van der Waals surface area contributed by atoms with Crippen molar-refractivity contribution in [3.8, 4) is 5.75 Å². The number of hydrogen-bond acceptors (Lipinski definition) is 3. The monoisotopic (exact) mass is 445 g/mol. The molecule has 9 heteroatoms. The molecule has 162 valence electrons. The Morgan fingerprint density at radius 3 is 2.63 bits per heavy atom. The Bertz CT molecular complexity index is 935. The number of piperidine rings is 1. The first-order valence-electron chi connectivity index (χ1n) is 9.28. The fourth-order valence-electron chi connectivity index (χ4n) is 3.88. The molecule has 1 fully saturated rings. The van der Waals surface area contributed by atoms with Crippen LogP contribution in [0.25, 0.3) is 0 Å². The maximum absolute atomic E-state index is 14.1. The number of likely N-dealkylation sites (tertiary alicyclic amines) is 1. The summed E-state index contributed by atoms with van der Waals surface area (Å²) >= 11 is 5.77. The first-order chi connectivity index (χ1) is 14.1. The minimum absolute atomic E-state index is 0.115. The highest BCUT2D eigenvalue weighted by Crippen LogP contribution is 2.41. The Labute approximate surface area is 176 Å². The molecule has 1 aliphatic heterocycles. The number of carboxylic acid groups (broad SMARTS) is 1. The molecule has 1 saturated heterocycles. The Morgan fingerprint density at radius 2 is 2.00 bits per heavy atom. The van der Waals surface area contributed by atoms with Crippen LogP contribution in [0.5, 0.6) is 5.75 Å². The van der Waals surface area contributed by atoms with Gasteiger partial charge in [-0.3, -0.25) is 9.69 Å². The molecule has 1 heterocycles. The van der Waals surface area contributed by atoms with E-state index in [2.05, 4.69) is 0 Å². The van der Waals surface area contributed by atoms with Gasteiger partial charge in [0, 0.05) is 12.1 Å². The molecule has 30 heavy (non-hydrogen) atoms. The van der Waals surface area contributed by atoms with Gasteiger partial charge in [0.05, 0.1) is 29.7 Å². The van der Waals surface area contributed by atoms with Crippen LogP contribution >= 0.6 is 11.6 Å². The van der Waals surface area contributed by atoms with Crippen molar-refractivity contribution in [1.29, 1.82) is 0 Å². The third-order valence-electron chi connectivity index (χ3n) is 5.27. The van der Waals surface area contributed by atoms with Crippen molar-refractivity contribution in [1.82, 2.24) is 4.90 Å². The normalized spacial score (nSPS) is 18.8. The average molecular weight is 446 g/mol. The topological polar surface area (TPSA) is 49.8 Å². The van der Waals surface area contributed by atoms with Crippen molar-refractivity contribution in [3.05, 3.63) is 63.9 Å². The quantitative estimate of drug-likeness (QED) is 0.627. The average Bonchev–Trinajstić information content (AvgIpc) is 2.69. The van der Waals surface area contributed by atoms with Crippen molar-refractivity contribution in [2.24, 2.45) is 5.92 Å². The molecule has 0 amide bonds. The van der Waals surface area contributed by atoms with Crippen LogP contribution in [0, 0.1) is 11.7 Å². The molecule has 0 radical (unpaired) electrons. The summed E-state index contributed by atoms with van der Waals surface area (Å²) in [6.45, 7) is 0.557. The second-order valence-electron chi connectivity index (χ2n) is 7.20. The second-order valence-corrected chi connectivity index (χ2v) is 7.61. The molecule has 3 rings (SSSR count). The molecule has 2 aromatic carbocycles. The maximum atomic E-state index is 14.1. The van der Waals surface area contributed by atoms with Gasteiger partial charge in [0.1, 0.15) is 11.6 Å². The third kappa shape index (κ3) is 4.70. The summed E-state index contributed by atoms with van der Waals surface area (Å²) in [5, 5.41) is 8.99. The number of methoxy groups -OCH3 is 1. The van der Waals surface area contributed by atoms with Gasteiger partial charge in [0.25, 0.3) is 0 Å². The molecule has 0 aliphatic carbocycles. The van der Waals surface area contributed by atoms with Crippen LogP contribution in [0.4, 0.5) is 17.6 Å². The van der Waals surface area contributed by atoms with Gasteiger partial charge < -0.3 is 9.84 Å². The number of hydrogen-bond donors (Lipinski definition) is 1. The third-order valence-corrected chi connectivity index (χ3v) is 5.59. The molecule has 4 nitrogen and oxygen atoms in total. The van der Waals surface area contributed by atoms with Crippen molar-refractivity contribution in [2.75, 3.05) is 20.2 Å². The van der Waals surface area contributed by atoms with Gasteiger partial charge >= 0.3 is 12.1 Å². The summed E-state index contributed by atoms with van der Waals surface area (Å²) in [6.07, 6.45) is -3.66. The van der Waals surface area contributed by atoms with Gasteiger partial charge in [-0.2, -0.15) is 13.2 Å². The summed E-state index contributed by atoms with van der Waals surface area (Å²) in [6, 6.07) is 6.48. The largest absolute Gasteiger partial charge is 0.496 e. The van der Waals surface area contributed by atoms with Crippen LogP contribution in [-0.2, 0) is 11.0 Å². The van der Waals surface area contributed by atoms with Gasteiger partial charge in [0.2, 0.25) is 0 Å². The van der Waals surface area contributed by atoms with E-state index in [0.717, 1.165) is 12.1 Å². The molecule has 0 bridgehead atoms. The van der Waals surface area contributed by atoms with Crippen LogP contribution in [0.3, 0.4) is 0 Å². The van der Waals surface area contributed by atoms with E-state index < -0.39 is 40.5 Å². The van der Waals surface area contributed by atoms with Gasteiger partial charge in [-0.1, -0.05) is 17.7 Å². The van der Waals surface area contributed by atoms with Gasteiger partial charge in [-0.15, -0.1) is 0 Å². The number of carbonyl (C=O) groups is 1. The lowest BCUT2D eigenvalue weighted by Gasteiger charge is -2.38. The molecular weight excluding hydrogens is 426 g/mol. The zero-order valence-electron chi connectivity index (χ0n) is 16.0. The van der Waals surface area contributed by atoms with Gasteiger partial charge in [-0.05, 0) is 55.3 Å². The predicted molar refractivity (Wildman–Crippen MR) is 103 cm³/mol. The van der Waals surface area contributed by atoms with Crippen LogP contribution in [0.1, 0.15) is 35.6 Å². The zero-order valence-corrected chi connectivity index (χ0v) is 16.8. The number of ether oxygens (including phenoxy) is 1. The molecule has 1 N–H and O–H groups in total. The van der Waals surface area contributed by atoms with E-state index in [4.69, 9.17) is 16.3 Å². The number of aliphatic carboxylic acids is 1. The lowest BCUT2D eigenvalue weighted by Crippen LogP contribution is -2.41. The molecule has 1 aliphatic rings. The summed E-state index contributed by atoms with van der Waals surface area (Å²) in [4.78, 5) is 13.3. The van der Waals surface area contributed by atoms with Crippen molar-refractivity contribution < 1.29 is 32.2 Å². The highest BCUT2D eigenvalue weighted by molar-refractivity contribution is 6.31. The number of rotatable bonds is 5. The van der Waals surface area contributed by atoms with Gasteiger partial charge in [0.15, 0.2) is 0 Å². The summed E-state index contributed by atoms with van der Waals surface area (Å²) in [7, 11) is 1.38. The number of nitrogens with zero attached hydrogens (tertiary/aromatic N) is 1. The van der Waals surface area contributed by atoms with E-state index in [1.165, 1.54) is 31.4 Å². The Morgan fingerprint density at radius 1 is 1.27 bits per heavy atom. The molecule has 2 atom stereocenters. The smallest absolute Gasteiger partial charge is 0.417 e. The van der Waals surface area contributed by atoms with Crippen molar-refractivity contribution in [2.45, 2.75) is 25.1 Å². The first kappa shape index (κ1) is 22.4. The van der Waals surface area contributed by atoms with Gasteiger partial charge in [-0.25, -0.2) is 4.39 Å². The lowest BCUT2D eigenvalue weighted by molar-refractivity contribution is -0.143. The molecule has 2 aromatic rings. The molecular formula is C21H20ClF4NO3. The summed E-state index contributed by atoms with van der Waals surface area (Å²) in [5.74, 6) is -1.93. The van der Waals surface area contributed by atoms with Crippen molar-refractivity contribution >= 4 is 17.6 Å². The Balaban J connectivity index is 2.16. The highest BCUT2D eigenvalue weighted by Gasteiger charge is 2.37. The van der Waals surface area contributed by atoms with E-state index >= 15 is 0 Å². The summed E-state index contributed by atoms with van der Waals surface area (Å²) in [5.41, 5.74) is -0.463. The first-order valence-corrected chi connectivity index (χ1v) is 9.66. The number of carboxylic acids is 1. The fraction of sp³-hybridized carbons (Fsp3) is 0.381. The second kappa shape index (κ2) is 8.81. The standard InChI is InChI=1S/C21H20ClF4NO3/c1-30-18-7-5-14(23)10-15(18)19(27-8-2-3-13(11-27)20(28)29)12-4-6-17(22)16(9-12)21(24,25)26/h4-7,9-10,13,19H,2-3,8,11H2,1H3,(H,28,29). The van der Waals surface area contributed by atoms with E-state index in [9.17, 15) is 27.5 Å². The highest BCUT2D eigenvalue weighted by atomic mass is 35.5. The fourth-order valence-corrected chi connectivity index (χ4v) is 4.10. The minimum Gasteiger partial charge on any atom is -0.496 e. The van der Waals surface area contributed by atoms with Crippen LogP contribution in [0.2, 0.25) is 5.02 Å². The van der Waals surface area contributed by atoms with Crippen LogP contribution in [-0.4, -0.2) is 36.2 Å². The lowest BCUT2D eigenvalue weighted by atomic mass is 9.90. The van der Waals surface area contributed by atoms with Crippen LogP contribution < -0.4 is 4.74 Å². The van der Waals surface area contributed by atoms with Crippen LogP contribution in [0.15, 0.2) is 36.4 Å². The predicted octanol–water partition coefficient (Wildman–Crippen LogP) is 5.39. The van der Waals surface area contributed by atoms with E-state index in [0.29, 0.717) is 30.7 Å². The minimum atomic E-state index is -4.67. The van der Waals surface area contributed by atoms with E-state index in [1.807, 2.05) is 0 Å². The molecule has 0 saturated carbocycles. The zero-order chi connectivity index (χ0) is 22.1. The number of halogens is 5. The molecule has 0 aromatic heterocycles. The Kier molecular flexibility index (Phi) is 6.57. The number of alkyl halides is 3. The number of benzene rings is 2. The Hall–Kier alpha value is -2.32. The van der Waals surface area contributed by atoms with E-state index in [1.54, 1.807) is 4.90 Å². The molecule has 0 spiro atoms. The SMILES string of the molecule is COc1ccc(F)cc1C(c1ccc(Cl)c(C(F)(F)F)c1)N1CCCC(C(=O)O)C1. The van der Waals surface area contributed by atoms with E-state index in [-0.39, 0.29) is 12.1 Å². The van der Waals surface area contributed by atoms with Crippen molar-refractivity contribution in [3.63, 3.8) is 0 Å². The summed E-state index contributed by atoms with van der Waals surface area (Å²) < 4.78 is 59.8. The maximum Gasteiger partial charge on any atom is 0.417 e. The molecule has 2 unspecified atom stereocenters.